The molecule has 2 rings (SSSR count). The Morgan fingerprint density at radius 2 is 2.05 bits per heavy atom. The lowest BCUT2D eigenvalue weighted by Crippen LogP contribution is -2.59. The van der Waals surface area contributed by atoms with Crippen LogP contribution in [0.5, 0.6) is 0 Å². The first-order chi connectivity index (χ1) is 9.44. The topological polar surface area (TPSA) is 75.6 Å². The van der Waals surface area contributed by atoms with Crippen molar-refractivity contribution in [1.82, 2.24) is 9.80 Å². The standard InChI is InChI=1S/C13H22N4O2S/c1-13(10-14,16-7-5-15(2)6-8-16)9-11-3-4-12(20-11)17(18)19/h3-4H,5-10,14H2,1-2H3. The Balaban J connectivity index is 2.07. The molecule has 1 aromatic heterocycles. The lowest BCUT2D eigenvalue weighted by atomic mass is 9.93. The van der Waals surface area contributed by atoms with Crippen LogP contribution in [0.4, 0.5) is 5.00 Å². The van der Waals surface area contributed by atoms with E-state index in [9.17, 15) is 10.1 Å². The highest BCUT2D eigenvalue weighted by molar-refractivity contribution is 7.15. The molecule has 0 aromatic carbocycles. The Bertz CT molecular complexity index is 471. The molecule has 0 aliphatic carbocycles. The van der Waals surface area contributed by atoms with Gasteiger partial charge in [-0.2, -0.15) is 0 Å². The van der Waals surface area contributed by atoms with Gasteiger partial charge in [0, 0.05) is 55.6 Å². The van der Waals surface area contributed by atoms with Crippen molar-refractivity contribution in [2.24, 2.45) is 5.73 Å². The van der Waals surface area contributed by atoms with E-state index in [4.69, 9.17) is 5.73 Å². The number of likely N-dealkylation sites (N-methyl/N-ethyl adjacent to an activating group) is 1. The molecule has 2 N–H and O–H groups in total. The molecule has 7 heteroatoms. The highest BCUT2D eigenvalue weighted by atomic mass is 32.1. The Morgan fingerprint density at radius 3 is 2.55 bits per heavy atom. The van der Waals surface area contributed by atoms with Crippen molar-refractivity contribution in [1.29, 1.82) is 0 Å². The fourth-order valence-corrected chi connectivity index (χ4v) is 3.59. The zero-order valence-electron chi connectivity index (χ0n) is 12.0. The number of nitrogens with zero attached hydrogens (tertiary/aromatic N) is 3. The molecule has 20 heavy (non-hydrogen) atoms. The van der Waals surface area contributed by atoms with Gasteiger partial charge in [0.2, 0.25) is 0 Å². The Labute approximate surface area is 123 Å². The average Bonchev–Trinajstić information content (AvgIpc) is 2.88. The summed E-state index contributed by atoms with van der Waals surface area (Å²) < 4.78 is 0. The van der Waals surface area contributed by atoms with Crippen molar-refractivity contribution < 1.29 is 4.92 Å². The second-order valence-electron chi connectivity index (χ2n) is 5.67. The van der Waals surface area contributed by atoms with Gasteiger partial charge in [-0.3, -0.25) is 15.0 Å². The molecule has 1 aliphatic heterocycles. The maximum atomic E-state index is 10.8. The molecule has 0 bridgehead atoms. The van der Waals surface area contributed by atoms with Crippen molar-refractivity contribution in [3.63, 3.8) is 0 Å². The van der Waals surface area contributed by atoms with Crippen LogP contribution in [0, 0.1) is 10.1 Å². The first kappa shape index (κ1) is 15.4. The maximum absolute atomic E-state index is 10.8. The summed E-state index contributed by atoms with van der Waals surface area (Å²) in [5.41, 5.74) is 5.88. The van der Waals surface area contributed by atoms with Crippen LogP contribution in [0.3, 0.4) is 0 Å². The van der Waals surface area contributed by atoms with Gasteiger partial charge >= 0.3 is 5.00 Å². The van der Waals surface area contributed by atoms with Gasteiger partial charge < -0.3 is 10.6 Å². The monoisotopic (exact) mass is 298 g/mol. The van der Waals surface area contributed by atoms with Gasteiger partial charge in [-0.25, -0.2) is 0 Å². The van der Waals surface area contributed by atoms with E-state index < -0.39 is 0 Å². The van der Waals surface area contributed by atoms with E-state index >= 15 is 0 Å². The summed E-state index contributed by atoms with van der Waals surface area (Å²) in [6.07, 6.45) is 0.770. The van der Waals surface area contributed by atoms with E-state index in [-0.39, 0.29) is 15.5 Å². The number of rotatable bonds is 5. The minimum atomic E-state index is -0.330. The third kappa shape index (κ3) is 3.35. The van der Waals surface area contributed by atoms with Crippen molar-refractivity contribution >= 4 is 16.3 Å². The molecule has 0 spiro atoms. The first-order valence-electron chi connectivity index (χ1n) is 6.81. The number of nitrogens with two attached hydrogens (primary N) is 1. The lowest BCUT2D eigenvalue weighted by Gasteiger charge is -2.44. The molecular formula is C13H22N4O2S. The van der Waals surface area contributed by atoms with Crippen LogP contribution in [0.2, 0.25) is 0 Å². The van der Waals surface area contributed by atoms with Gasteiger partial charge in [0.05, 0.1) is 4.92 Å². The minimum Gasteiger partial charge on any atom is -0.329 e. The van der Waals surface area contributed by atoms with Crippen LogP contribution in [0.15, 0.2) is 12.1 Å². The van der Waals surface area contributed by atoms with Gasteiger partial charge in [-0.15, -0.1) is 0 Å². The van der Waals surface area contributed by atoms with Crippen LogP contribution in [0.1, 0.15) is 11.8 Å². The van der Waals surface area contributed by atoms with Gasteiger partial charge in [0.1, 0.15) is 0 Å². The van der Waals surface area contributed by atoms with Gasteiger partial charge in [0.25, 0.3) is 0 Å². The molecule has 0 saturated carbocycles. The Hall–Kier alpha value is -1.02. The van der Waals surface area contributed by atoms with E-state index in [1.807, 2.05) is 6.07 Å². The summed E-state index contributed by atoms with van der Waals surface area (Å²) in [4.78, 5) is 16.2. The number of piperazine rings is 1. The third-order valence-electron chi connectivity index (χ3n) is 4.09. The smallest absolute Gasteiger partial charge is 0.324 e. The summed E-state index contributed by atoms with van der Waals surface area (Å²) in [7, 11) is 2.12. The molecule has 2 heterocycles. The minimum absolute atomic E-state index is 0.125. The van der Waals surface area contributed by atoms with Gasteiger partial charge in [0.15, 0.2) is 0 Å². The third-order valence-corrected chi connectivity index (χ3v) is 5.13. The molecule has 1 aliphatic rings. The van der Waals surface area contributed by atoms with Crippen LogP contribution >= 0.6 is 11.3 Å². The Morgan fingerprint density at radius 1 is 1.40 bits per heavy atom. The predicted molar refractivity (Wildman–Crippen MR) is 81.2 cm³/mol. The summed E-state index contributed by atoms with van der Waals surface area (Å²) >= 11 is 1.26. The molecule has 1 atom stereocenters. The van der Waals surface area contributed by atoms with Crippen molar-refractivity contribution in [2.45, 2.75) is 18.9 Å². The van der Waals surface area contributed by atoms with Crippen LogP contribution < -0.4 is 5.73 Å². The second-order valence-corrected chi connectivity index (χ2v) is 6.81. The molecule has 0 radical (unpaired) electrons. The summed E-state index contributed by atoms with van der Waals surface area (Å²) in [6.45, 7) is 6.79. The second kappa shape index (κ2) is 6.17. The molecule has 1 fully saturated rings. The van der Waals surface area contributed by atoms with Crippen LogP contribution in [-0.2, 0) is 6.42 Å². The van der Waals surface area contributed by atoms with Crippen LogP contribution in [-0.4, -0.2) is 60.0 Å². The number of thiophene rings is 1. The zero-order valence-corrected chi connectivity index (χ0v) is 12.9. The fourth-order valence-electron chi connectivity index (χ4n) is 2.59. The van der Waals surface area contributed by atoms with Gasteiger partial charge in [-0.05, 0) is 20.0 Å². The van der Waals surface area contributed by atoms with Crippen molar-refractivity contribution in [2.75, 3.05) is 39.8 Å². The van der Waals surface area contributed by atoms with E-state index in [1.165, 1.54) is 11.3 Å². The molecule has 112 valence electrons. The summed E-state index contributed by atoms with van der Waals surface area (Å²) in [5, 5.41) is 11.0. The highest BCUT2D eigenvalue weighted by Crippen LogP contribution is 2.29. The molecule has 6 nitrogen and oxygen atoms in total. The van der Waals surface area contributed by atoms with E-state index in [0.29, 0.717) is 6.54 Å². The first-order valence-corrected chi connectivity index (χ1v) is 7.63. The Kier molecular flexibility index (Phi) is 4.74. The number of nitro groups is 1. The van der Waals surface area contributed by atoms with Crippen LogP contribution in [0.25, 0.3) is 0 Å². The average molecular weight is 298 g/mol. The number of hydrogen-bond acceptors (Lipinski definition) is 6. The molecule has 0 amide bonds. The predicted octanol–water partition coefficient (Wildman–Crippen LogP) is 1.16. The van der Waals surface area contributed by atoms with Crippen molar-refractivity contribution in [3.8, 4) is 0 Å². The highest BCUT2D eigenvalue weighted by Gasteiger charge is 2.33. The molecule has 1 aromatic rings. The van der Waals surface area contributed by atoms with E-state index in [0.717, 1.165) is 37.5 Å². The molecule has 1 unspecified atom stereocenters. The summed E-state index contributed by atoms with van der Waals surface area (Å²) in [5.74, 6) is 0. The summed E-state index contributed by atoms with van der Waals surface area (Å²) in [6, 6.07) is 3.44. The van der Waals surface area contributed by atoms with Gasteiger partial charge in [-0.1, -0.05) is 11.3 Å². The van der Waals surface area contributed by atoms with E-state index in [2.05, 4.69) is 23.8 Å². The molecule has 1 saturated heterocycles. The fraction of sp³-hybridized carbons (Fsp3) is 0.692. The number of hydrogen-bond donors (Lipinski definition) is 1. The maximum Gasteiger partial charge on any atom is 0.324 e. The van der Waals surface area contributed by atoms with E-state index in [1.54, 1.807) is 6.07 Å². The largest absolute Gasteiger partial charge is 0.329 e. The quantitative estimate of drug-likeness (QED) is 0.652. The van der Waals surface area contributed by atoms with Crippen molar-refractivity contribution in [3.05, 3.63) is 27.1 Å². The zero-order chi connectivity index (χ0) is 14.8. The molecular weight excluding hydrogens is 276 g/mol. The normalized spacial score (nSPS) is 20.8. The lowest BCUT2D eigenvalue weighted by molar-refractivity contribution is -0.380. The SMILES string of the molecule is CN1CCN(C(C)(CN)Cc2ccc([N+](=O)[O-])s2)CC1.